The van der Waals surface area contributed by atoms with Crippen molar-refractivity contribution in [1.82, 2.24) is 15.1 Å². The van der Waals surface area contributed by atoms with Crippen LogP contribution >= 0.6 is 11.6 Å². The van der Waals surface area contributed by atoms with Crippen molar-refractivity contribution >= 4 is 17.5 Å². The molecule has 1 amide bonds. The zero-order chi connectivity index (χ0) is 21.5. The number of rotatable bonds is 9. The smallest absolute Gasteiger partial charge is 0.272 e. The summed E-state index contributed by atoms with van der Waals surface area (Å²) in [6, 6.07) is 17.3. The van der Waals surface area contributed by atoms with Crippen molar-refractivity contribution in [2.24, 2.45) is 0 Å². The highest BCUT2D eigenvalue weighted by Gasteiger charge is 2.16. The lowest BCUT2D eigenvalue weighted by Crippen LogP contribution is -2.28. The Kier molecular flexibility index (Phi) is 7.52. The molecule has 1 heterocycles. The summed E-state index contributed by atoms with van der Waals surface area (Å²) < 4.78 is 7.24. The summed E-state index contributed by atoms with van der Waals surface area (Å²) in [6.07, 6.45) is 3.63. The second-order valence-electron chi connectivity index (χ2n) is 7.38. The second-order valence-corrected chi connectivity index (χ2v) is 7.82. The van der Waals surface area contributed by atoms with Gasteiger partial charge < -0.3 is 10.1 Å². The molecule has 6 heteroatoms. The lowest BCUT2D eigenvalue weighted by molar-refractivity contribution is 0.0928. The molecule has 0 radical (unpaired) electrons. The van der Waals surface area contributed by atoms with Gasteiger partial charge >= 0.3 is 0 Å². The van der Waals surface area contributed by atoms with Crippen molar-refractivity contribution in [1.29, 1.82) is 0 Å². The fraction of sp³-hybridized carbons (Fsp3) is 0.333. The van der Waals surface area contributed by atoms with E-state index in [4.69, 9.17) is 16.3 Å². The Bertz CT molecular complexity index is 969. The van der Waals surface area contributed by atoms with E-state index in [-0.39, 0.29) is 18.7 Å². The number of nitrogens with zero attached hydrogens (tertiary/aromatic N) is 2. The van der Waals surface area contributed by atoms with E-state index in [0.29, 0.717) is 22.4 Å². The van der Waals surface area contributed by atoms with Gasteiger partial charge in [-0.25, -0.2) is 4.68 Å². The average Bonchev–Trinajstić information content (AvgIpc) is 3.25. The fourth-order valence-corrected chi connectivity index (χ4v) is 3.38. The van der Waals surface area contributed by atoms with Gasteiger partial charge in [0.1, 0.15) is 11.4 Å². The van der Waals surface area contributed by atoms with Crippen LogP contribution in [0.3, 0.4) is 0 Å². The molecule has 0 aliphatic rings. The predicted molar refractivity (Wildman–Crippen MR) is 120 cm³/mol. The van der Waals surface area contributed by atoms with E-state index in [1.54, 1.807) is 29.1 Å². The van der Waals surface area contributed by atoms with Gasteiger partial charge in [-0.3, -0.25) is 4.79 Å². The summed E-state index contributed by atoms with van der Waals surface area (Å²) in [5.74, 6) is 0.983. The molecular formula is C24H28ClN3O2. The van der Waals surface area contributed by atoms with Crippen LogP contribution in [0.1, 0.15) is 67.2 Å². The molecule has 3 rings (SSSR count). The number of carbonyl (C=O) groups excluding carboxylic acids is 1. The third-order valence-corrected chi connectivity index (χ3v) is 5.50. The number of hydrogen-bond acceptors (Lipinski definition) is 3. The van der Waals surface area contributed by atoms with Gasteiger partial charge in [-0.1, -0.05) is 62.7 Å². The van der Waals surface area contributed by atoms with Gasteiger partial charge in [-0.2, -0.15) is 5.10 Å². The van der Waals surface area contributed by atoms with Gasteiger partial charge in [-0.05, 0) is 54.2 Å². The molecule has 158 valence electrons. The molecule has 1 N–H and O–H groups in total. The van der Waals surface area contributed by atoms with Crippen LogP contribution in [-0.2, 0) is 6.73 Å². The molecule has 0 saturated carbocycles. The first-order valence-electron chi connectivity index (χ1n) is 10.3. The minimum absolute atomic E-state index is 0.0589. The lowest BCUT2D eigenvalue weighted by atomic mass is 9.95. The number of ether oxygens (including phenoxy) is 1. The molecule has 0 bridgehead atoms. The summed E-state index contributed by atoms with van der Waals surface area (Å²) in [6.45, 7) is 6.67. The number of benzene rings is 2. The van der Waals surface area contributed by atoms with Crippen molar-refractivity contribution < 1.29 is 9.53 Å². The number of aromatic nitrogens is 2. The Morgan fingerprint density at radius 3 is 2.50 bits per heavy atom. The molecule has 0 fully saturated rings. The van der Waals surface area contributed by atoms with Gasteiger partial charge in [0, 0.05) is 11.2 Å². The van der Waals surface area contributed by atoms with Crippen LogP contribution in [0.5, 0.6) is 5.75 Å². The van der Waals surface area contributed by atoms with E-state index >= 15 is 0 Å². The van der Waals surface area contributed by atoms with Gasteiger partial charge in [0.25, 0.3) is 5.91 Å². The molecule has 3 aromatic rings. The molecule has 0 aliphatic carbocycles. The molecule has 5 nitrogen and oxygen atoms in total. The summed E-state index contributed by atoms with van der Waals surface area (Å²) >= 11 is 5.96. The van der Waals surface area contributed by atoms with E-state index in [0.717, 1.165) is 18.4 Å². The number of nitrogens with one attached hydrogen (secondary N) is 1. The third kappa shape index (κ3) is 5.63. The largest absolute Gasteiger partial charge is 0.471 e. The zero-order valence-electron chi connectivity index (χ0n) is 17.6. The Hall–Kier alpha value is -2.79. The first kappa shape index (κ1) is 21.9. The van der Waals surface area contributed by atoms with E-state index in [9.17, 15) is 4.79 Å². The van der Waals surface area contributed by atoms with Crippen LogP contribution in [0.15, 0.2) is 60.8 Å². The Balaban J connectivity index is 1.60. The van der Waals surface area contributed by atoms with Gasteiger partial charge in [0.2, 0.25) is 0 Å². The number of carbonyl (C=O) groups is 1. The van der Waals surface area contributed by atoms with Crippen LogP contribution < -0.4 is 10.1 Å². The van der Waals surface area contributed by atoms with Crippen molar-refractivity contribution in [3.05, 3.63) is 82.6 Å². The maximum atomic E-state index is 12.7. The Morgan fingerprint density at radius 2 is 1.83 bits per heavy atom. The van der Waals surface area contributed by atoms with Gasteiger partial charge in [0.05, 0.1) is 6.04 Å². The molecular weight excluding hydrogens is 398 g/mol. The molecule has 0 spiro atoms. The van der Waals surface area contributed by atoms with E-state index in [1.807, 2.05) is 12.1 Å². The highest BCUT2D eigenvalue weighted by molar-refractivity contribution is 6.30. The minimum Gasteiger partial charge on any atom is -0.471 e. The SMILES string of the molecule is CCC(C)c1ccc(C(CC)NC(=O)c2ccn(COc3cccc(Cl)c3)n2)cc1. The van der Waals surface area contributed by atoms with Gasteiger partial charge in [0.15, 0.2) is 6.73 Å². The van der Waals surface area contributed by atoms with E-state index in [2.05, 4.69) is 55.5 Å². The summed E-state index contributed by atoms with van der Waals surface area (Å²) in [4.78, 5) is 12.7. The van der Waals surface area contributed by atoms with E-state index in [1.165, 1.54) is 5.56 Å². The summed E-state index contributed by atoms with van der Waals surface area (Å²) in [7, 11) is 0. The molecule has 2 unspecified atom stereocenters. The number of amides is 1. The van der Waals surface area contributed by atoms with Crippen molar-refractivity contribution in [3.8, 4) is 5.75 Å². The van der Waals surface area contributed by atoms with Crippen molar-refractivity contribution in [2.75, 3.05) is 0 Å². The normalized spacial score (nSPS) is 12.9. The van der Waals surface area contributed by atoms with Crippen molar-refractivity contribution in [2.45, 2.75) is 52.3 Å². The highest BCUT2D eigenvalue weighted by Crippen LogP contribution is 2.23. The molecule has 0 saturated heterocycles. The first-order valence-corrected chi connectivity index (χ1v) is 10.7. The van der Waals surface area contributed by atoms with Gasteiger partial charge in [-0.15, -0.1) is 0 Å². The maximum Gasteiger partial charge on any atom is 0.272 e. The summed E-state index contributed by atoms with van der Waals surface area (Å²) in [5, 5.41) is 8.01. The molecule has 1 aromatic heterocycles. The molecule has 2 aromatic carbocycles. The van der Waals surface area contributed by atoms with Crippen LogP contribution in [0.25, 0.3) is 0 Å². The predicted octanol–water partition coefficient (Wildman–Crippen LogP) is 5.97. The van der Waals surface area contributed by atoms with Crippen LogP contribution in [-0.4, -0.2) is 15.7 Å². The number of halogens is 1. The van der Waals surface area contributed by atoms with E-state index < -0.39 is 0 Å². The van der Waals surface area contributed by atoms with Crippen LogP contribution in [0.4, 0.5) is 0 Å². The Labute approximate surface area is 183 Å². The number of hydrogen-bond donors (Lipinski definition) is 1. The fourth-order valence-electron chi connectivity index (χ4n) is 3.20. The minimum atomic E-state index is -0.200. The molecule has 0 aliphatic heterocycles. The third-order valence-electron chi connectivity index (χ3n) is 5.27. The zero-order valence-corrected chi connectivity index (χ0v) is 18.4. The van der Waals surface area contributed by atoms with Crippen LogP contribution in [0, 0.1) is 0 Å². The standard InChI is InChI=1S/C24H28ClN3O2/c1-4-17(3)18-9-11-19(12-10-18)22(5-2)26-24(29)23-13-14-28(27-23)16-30-21-8-6-7-20(25)15-21/h6-15,17,22H,4-5,16H2,1-3H3,(H,26,29). The molecule has 30 heavy (non-hydrogen) atoms. The Morgan fingerprint density at radius 1 is 1.10 bits per heavy atom. The topological polar surface area (TPSA) is 56.2 Å². The lowest BCUT2D eigenvalue weighted by Gasteiger charge is -2.18. The molecule has 2 atom stereocenters. The quantitative estimate of drug-likeness (QED) is 0.459. The van der Waals surface area contributed by atoms with Crippen molar-refractivity contribution in [3.63, 3.8) is 0 Å². The monoisotopic (exact) mass is 425 g/mol. The first-order chi connectivity index (χ1) is 14.5. The average molecular weight is 426 g/mol. The summed E-state index contributed by atoms with van der Waals surface area (Å²) in [5.41, 5.74) is 2.78. The van der Waals surface area contributed by atoms with Crippen LogP contribution in [0.2, 0.25) is 5.02 Å². The second kappa shape index (κ2) is 10.3. The highest BCUT2D eigenvalue weighted by atomic mass is 35.5. The maximum absolute atomic E-state index is 12.7.